The highest BCUT2D eigenvalue weighted by Gasteiger charge is 2.36. The third-order valence-electron chi connectivity index (χ3n) is 3.39. The van der Waals surface area contributed by atoms with Gasteiger partial charge in [0.05, 0.1) is 18.8 Å². The maximum absolute atomic E-state index is 9.79. The van der Waals surface area contributed by atoms with Crippen LogP contribution in [0, 0.1) is 5.92 Å². The fourth-order valence-electron chi connectivity index (χ4n) is 1.92. The monoisotopic (exact) mass is 245 g/mol. The molecule has 1 aliphatic heterocycles. The van der Waals surface area contributed by atoms with Crippen molar-refractivity contribution in [3.8, 4) is 0 Å². The summed E-state index contributed by atoms with van der Waals surface area (Å²) in [6.07, 6.45) is 0.748. The van der Waals surface area contributed by atoms with Crippen LogP contribution in [0.25, 0.3) is 0 Å². The molecule has 102 valence electrons. The number of β-amino-alcohol motifs (C(OH)–C–C–N with tert-alkyl or cyclic N) is 1. The second-order valence-electron chi connectivity index (χ2n) is 5.65. The Bertz CT molecular complexity index is 223. The summed E-state index contributed by atoms with van der Waals surface area (Å²) in [6.45, 7) is 10.9. The lowest BCUT2D eigenvalue weighted by atomic mass is 9.94. The first kappa shape index (κ1) is 14.9. The lowest BCUT2D eigenvalue weighted by Crippen LogP contribution is -2.50. The van der Waals surface area contributed by atoms with E-state index in [1.165, 1.54) is 0 Å². The van der Waals surface area contributed by atoms with E-state index in [2.05, 4.69) is 33.0 Å². The van der Waals surface area contributed by atoms with E-state index in [4.69, 9.17) is 9.47 Å². The quantitative estimate of drug-likeness (QED) is 0.707. The Morgan fingerprint density at radius 2 is 2.18 bits per heavy atom. The molecule has 0 aromatic heterocycles. The van der Waals surface area contributed by atoms with Gasteiger partial charge in [-0.3, -0.25) is 0 Å². The zero-order valence-electron chi connectivity index (χ0n) is 11.5. The molecule has 1 rings (SSSR count). The van der Waals surface area contributed by atoms with Gasteiger partial charge in [0, 0.05) is 25.3 Å². The molecule has 0 aliphatic carbocycles. The molecule has 1 fully saturated rings. The van der Waals surface area contributed by atoms with Crippen molar-refractivity contribution in [2.24, 2.45) is 5.92 Å². The number of nitrogens with one attached hydrogen (secondary N) is 1. The minimum atomic E-state index is -0.446. The van der Waals surface area contributed by atoms with Gasteiger partial charge in [-0.1, -0.05) is 13.8 Å². The van der Waals surface area contributed by atoms with Crippen LogP contribution in [-0.2, 0) is 9.47 Å². The van der Waals surface area contributed by atoms with E-state index in [9.17, 15) is 5.11 Å². The maximum Gasteiger partial charge on any atom is 0.0897 e. The Labute approximate surface area is 105 Å². The van der Waals surface area contributed by atoms with Crippen molar-refractivity contribution in [3.63, 3.8) is 0 Å². The normalized spacial score (nSPS) is 31.1. The predicted octanol–water partition coefficient (Wildman–Crippen LogP) is 1.18. The standard InChI is InChI=1S/C13H27NO3/c1-10(2)8-16-9-12(15)7-14-13(4)5-6-17-11(13)3/h10-12,14-15H,5-9H2,1-4H3. The molecule has 0 aromatic carbocycles. The second-order valence-corrected chi connectivity index (χ2v) is 5.65. The lowest BCUT2D eigenvalue weighted by Gasteiger charge is -2.30. The highest BCUT2D eigenvalue weighted by atomic mass is 16.5. The number of hydrogen-bond acceptors (Lipinski definition) is 4. The minimum absolute atomic E-state index is 0.0149. The summed E-state index contributed by atoms with van der Waals surface area (Å²) in [5.41, 5.74) is -0.0149. The van der Waals surface area contributed by atoms with E-state index in [1.807, 2.05) is 0 Å². The van der Waals surface area contributed by atoms with E-state index in [-0.39, 0.29) is 11.6 Å². The van der Waals surface area contributed by atoms with E-state index < -0.39 is 6.10 Å². The topological polar surface area (TPSA) is 50.7 Å². The van der Waals surface area contributed by atoms with Gasteiger partial charge in [0.1, 0.15) is 0 Å². The van der Waals surface area contributed by atoms with Gasteiger partial charge in [0.25, 0.3) is 0 Å². The fourth-order valence-corrected chi connectivity index (χ4v) is 1.92. The van der Waals surface area contributed by atoms with Crippen LogP contribution in [0.1, 0.15) is 34.1 Å². The first-order valence-corrected chi connectivity index (χ1v) is 6.56. The van der Waals surface area contributed by atoms with Crippen molar-refractivity contribution < 1.29 is 14.6 Å². The first-order chi connectivity index (χ1) is 7.94. The number of ether oxygens (including phenoxy) is 2. The van der Waals surface area contributed by atoms with Gasteiger partial charge < -0.3 is 19.9 Å². The molecule has 1 heterocycles. The van der Waals surface area contributed by atoms with Gasteiger partial charge in [0.2, 0.25) is 0 Å². The van der Waals surface area contributed by atoms with Crippen molar-refractivity contribution in [1.82, 2.24) is 5.32 Å². The highest BCUT2D eigenvalue weighted by molar-refractivity contribution is 4.93. The van der Waals surface area contributed by atoms with Crippen molar-refractivity contribution in [2.45, 2.75) is 51.9 Å². The molecular formula is C13H27NO3. The minimum Gasteiger partial charge on any atom is -0.389 e. The van der Waals surface area contributed by atoms with Crippen LogP contribution in [0.15, 0.2) is 0 Å². The third kappa shape index (κ3) is 4.92. The summed E-state index contributed by atoms with van der Waals surface area (Å²) in [6, 6.07) is 0. The Balaban J connectivity index is 2.16. The molecule has 4 heteroatoms. The number of rotatable bonds is 7. The summed E-state index contributed by atoms with van der Waals surface area (Å²) in [7, 11) is 0. The Morgan fingerprint density at radius 1 is 1.47 bits per heavy atom. The van der Waals surface area contributed by atoms with Gasteiger partial charge in [-0.2, -0.15) is 0 Å². The van der Waals surface area contributed by atoms with Crippen molar-refractivity contribution in [2.75, 3.05) is 26.4 Å². The van der Waals surface area contributed by atoms with E-state index in [0.29, 0.717) is 25.7 Å². The van der Waals surface area contributed by atoms with Crippen LogP contribution < -0.4 is 5.32 Å². The van der Waals surface area contributed by atoms with Crippen molar-refractivity contribution in [1.29, 1.82) is 0 Å². The van der Waals surface area contributed by atoms with Gasteiger partial charge in [-0.25, -0.2) is 0 Å². The molecule has 3 unspecified atom stereocenters. The number of aliphatic hydroxyl groups excluding tert-OH is 1. The van der Waals surface area contributed by atoms with Crippen LogP contribution in [0.2, 0.25) is 0 Å². The van der Waals surface area contributed by atoms with Gasteiger partial charge in [-0.15, -0.1) is 0 Å². The van der Waals surface area contributed by atoms with Crippen LogP contribution >= 0.6 is 0 Å². The summed E-state index contributed by atoms with van der Waals surface area (Å²) >= 11 is 0. The van der Waals surface area contributed by atoms with Crippen molar-refractivity contribution in [3.05, 3.63) is 0 Å². The molecule has 2 N–H and O–H groups in total. The second kappa shape index (κ2) is 6.69. The molecular weight excluding hydrogens is 218 g/mol. The van der Waals surface area contributed by atoms with Gasteiger partial charge in [0.15, 0.2) is 0 Å². The van der Waals surface area contributed by atoms with Crippen LogP contribution in [-0.4, -0.2) is 49.2 Å². The number of aliphatic hydroxyl groups is 1. The Morgan fingerprint density at radius 3 is 2.71 bits per heavy atom. The molecule has 1 saturated heterocycles. The molecule has 0 amide bonds. The molecule has 0 aromatic rings. The largest absolute Gasteiger partial charge is 0.389 e. The van der Waals surface area contributed by atoms with Crippen LogP contribution in [0.3, 0.4) is 0 Å². The summed E-state index contributed by atoms with van der Waals surface area (Å²) in [4.78, 5) is 0. The zero-order chi connectivity index (χ0) is 12.9. The fraction of sp³-hybridized carbons (Fsp3) is 1.00. The van der Waals surface area contributed by atoms with Gasteiger partial charge in [-0.05, 0) is 26.2 Å². The Kier molecular flexibility index (Phi) is 5.86. The van der Waals surface area contributed by atoms with E-state index in [0.717, 1.165) is 13.0 Å². The SMILES string of the molecule is CC(C)COCC(O)CNC1(C)CCOC1C. The first-order valence-electron chi connectivity index (χ1n) is 6.56. The predicted molar refractivity (Wildman–Crippen MR) is 68.1 cm³/mol. The summed E-state index contributed by atoms with van der Waals surface area (Å²) in [5.74, 6) is 0.510. The highest BCUT2D eigenvalue weighted by Crippen LogP contribution is 2.24. The average molecular weight is 245 g/mol. The molecule has 4 nitrogen and oxygen atoms in total. The zero-order valence-corrected chi connectivity index (χ0v) is 11.5. The summed E-state index contributed by atoms with van der Waals surface area (Å²) < 4.78 is 10.9. The molecule has 3 atom stereocenters. The molecule has 17 heavy (non-hydrogen) atoms. The van der Waals surface area contributed by atoms with Crippen LogP contribution in [0.5, 0.6) is 0 Å². The number of hydrogen-bond donors (Lipinski definition) is 2. The molecule has 0 bridgehead atoms. The third-order valence-corrected chi connectivity index (χ3v) is 3.39. The molecule has 0 radical (unpaired) electrons. The summed E-state index contributed by atoms with van der Waals surface area (Å²) in [5, 5.41) is 13.2. The van der Waals surface area contributed by atoms with E-state index >= 15 is 0 Å². The smallest absolute Gasteiger partial charge is 0.0897 e. The molecule has 0 saturated carbocycles. The average Bonchev–Trinajstić information content (AvgIpc) is 2.57. The Hall–Kier alpha value is -0.160. The lowest BCUT2D eigenvalue weighted by molar-refractivity contribution is 0.0188. The van der Waals surface area contributed by atoms with Crippen molar-refractivity contribution >= 4 is 0 Å². The van der Waals surface area contributed by atoms with Gasteiger partial charge >= 0.3 is 0 Å². The van der Waals surface area contributed by atoms with E-state index in [1.54, 1.807) is 0 Å². The van der Waals surface area contributed by atoms with Crippen LogP contribution in [0.4, 0.5) is 0 Å². The molecule has 1 aliphatic rings. The molecule has 0 spiro atoms. The maximum atomic E-state index is 9.79.